The minimum absolute atomic E-state index is 0.0136. The van der Waals surface area contributed by atoms with Gasteiger partial charge in [-0.25, -0.2) is 9.37 Å². The Balaban J connectivity index is 1.67. The van der Waals surface area contributed by atoms with Crippen molar-refractivity contribution in [2.24, 2.45) is 5.92 Å². The van der Waals surface area contributed by atoms with Crippen molar-refractivity contribution in [3.63, 3.8) is 0 Å². The molecule has 0 atom stereocenters. The first-order valence-electron chi connectivity index (χ1n) is 9.75. The molecule has 1 aliphatic heterocycles. The fraction of sp³-hybridized carbons (Fsp3) is 0.333. The highest BCUT2D eigenvalue weighted by Crippen LogP contribution is 2.47. The van der Waals surface area contributed by atoms with E-state index in [2.05, 4.69) is 4.98 Å². The van der Waals surface area contributed by atoms with Gasteiger partial charge in [0, 0.05) is 12.7 Å². The van der Waals surface area contributed by atoms with E-state index in [-0.39, 0.29) is 24.4 Å². The van der Waals surface area contributed by atoms with Crippen LogP contribution in [0.5, 0.6) is 0 Å². The molecule has 0 unspecified atom stereocenters. The number of benzene rings is 1. The third-order valence-corrected chi connectivity index (χ3v) is 6.14. The van der Waals surface area contributed by atoms with Gasteiger partial charge in [-0.15, -0.1) is 0 Å². The number of carbonyl (C=O) groups is 3. The molecule has 1 N–H and O–H groups in total. The van der Waals surface area contributed by atoms with Crippen LogP contribution in [-0.2, 0) is 27.1 Å². The van der Waals surface area contributed by atoms with E-state index in [1.54, 1.807) is 0 Å². The lowest BCUT2D eigenvalue weighted by atomic mass is 9.65. The largest absolute Gasteiger partial charge is 0.481 e. The van der Waals surface area contributed by atoms with Gasteiger partial charge >= 0.3 is 12.1 Å². The average molecular weight is 486 g/mol. The number of hydrogen-bond acceptors (Lipinski definition) is 4. The van der Waals surface area contributed by atoms with E-state index in [9.17, 15) is 37.1 Å². The van der Waals surface area contributed by atoms with E-state index in [4.69, 9.17) is 11.6 Å². The summed E-state index contributed by atoms with van der Waals surface area (Å²) in [5.74, 6) is -4.72. The molecule has 2 aliphatic rings. The molecule has 4 rings (SSSR count). The maximum Gasteiger partial charge on any atom is 0.416 e. The Labute approximate surface area is 189 Å². The summed E-state index contributed by atoms with van der Waals surface area (Å²) >= 11 is 5.71. The highest BCUT2D eigenvalue weighted by molar-refractivity contribution is 6.30. The van der Waals surface area contributed by atoms with Crippen LogP contribution in [0.15, 0.2) is 36.5 Å². The average Bonchev–Trinajstić information content (AvgIpc) is 2.69. The summed E-state index contributed by atoms with van der Waals surface area (Å²) in [7, 11) is 0. The van der Waals surface area contributed by atoms with Crippen LogP contribution < -0.4 is 4.90 Å². The molecular formula is C21H16ClF4N3O4. The summed E-state index contributed by atoms with van der Waals surface area (Å²) in [4.78, 5) is 43.7. The predicted octanol–water partition coefficient (Wildman–Crippen LogP) is 3.50. The van der Waals surface area contributed by atoms with Crippen molar-refractivity contribution in [2.75, 3.05) is 11.4 Å². The third kappa shape index (κ3) is 4.01. The lowest BCUT2D eigenvalue weighted by molar-refractivity contribution is -0.169. The van der Waals surface area contributed by atoms with Crippen molar-refractivity contribution in [1.29, 1.82) is 0 Å². The van der Waals surface area contributed by atoms with Gasteiger partial charge in [-0.05, 0) is 36.6 Å². The molecule has 7 nitrogen and oxygen atoms in total. The second-order valence-electron chi connectivity index (χ2n) is 8.00. The fourth-order valence-electron chi connectivity index (χ4n) is 4.22. The zero-order valence-corrected chi connectivity index (χ0v) is 17.5. The number of hydrogen-bond donors (Lipinski definition) is 1. The summed E-state index contributed by atoms with van der Waals surface area (Å²) < 4.78 is 53.0. The number of anilines is 1. The lowest BCUT2D eigenvalue weighted by Crippen LogP contribution is -2.73. The number of carboxylic acid groups (broad SMARTS) is 1. The number of aliphatic carboxylic acids is 1. The van der Waals surface area contributed by atoms with E-state index in [0.717, 1.165) is 29.3 Å². The first-order chi connectivity index (χ1) is 15.4. The lowest BCUT2D eigenvalue weighted by Gasteiger charge is -2.55. The normalized spacial score (nSPS) is 23.1. The molecule has 2 amide bonds. The quantitative estimate of drug-likeness (QED) is 0.669. The van der Waals surface area contributed by atoms with E-state index >= 15 is 0 Å². The molecule has 33 heavy (non-hydrogen) atoms. The molecule has 0 radical (unpaired) electrons. The van der Waals surface area contributed by atoms with Crippen LogP contribution in [0.4, 0.5) is 23.4 Å². The van der Waals surface area contributed by atoms with Crippen molar-refractivity contribution in [1.82, 2.24) is 9.88 Å². The van der Waals surface area contributed by atoms with Gasteiger partial charge in [0.05, 0.1) is 16.5 Å². The van der Waals surface area contributed by atoms with E-state index in [1.165, 1.54) is 17.0 Å². The van der Waals surface area contributed by atoms with Gasteiger partial charge in [-0.2, -0.15) is 13.2 Å². The van der Waals surface area contributed by atoms with Crippen LogP contribution in [0.1, 0.15) is 24.0 Å². The molecule has 12 heteroatoms. The molecular weight excluding hydrogens is 470 g/mol. The second kappa shape index (κ2) is 7.98. The topological polar surface area (TPSA) is 90.8 Å². The zero-order valence-electron chi connectivity index (χ0n) is 16.8. The predicted molar refractivity (Wildman–Crippen MR) is 107 cm³/mol. The number of halogens is 5. The number of amides is 2. The molecule has 2 fully saturated rings. The van der Waals surface area contributed by atoms with Gasteiger partial charge in [-0.1, -0.05) is 23.7 Å². The van der Waals surface area contributed by atoms with Crippen LogP contribution >= 0.6 is 11.6 Å². The van der Waals surface area contributed by atoms with E-state index < -0.39 is 59.2 Å². The molecule has 1 aliphatic carbocycles. The molecule has 1 saturated heterocycles. The van der Waals surface area contributed by atoms with Crippen LogP contribution in [0, 0.1) is 11.7 Å². The summed E-state index contributed by atoms with van der Waals surface area (Å²) in [6, 6.07) is 5.03. The van der Waals surface area contributed by atoms with Crippen LogP contribution in [0.25, 0.3) is 0 Å². The van der Waals surface area contributed by atoms with Crippen molar-refractivity contribution < 1.29 is 37.1 Å². The first-order valence-corrected chi connectivity index (χ1v) is 10.1. The van der Waals surface area contributed by atoms with Crippen molar-refractivity contribution in [3.05, 3.63) is 58.5 Å². The van der Waals surface area contributed by atoms with Gasteiger partial charge in [0.25, 0.3) is 5.91 Å². The maximum absolute atomic E-state index is 14.4. The Morgan fingerprint density at radius 2 is 1.85 bits per heavy atom. The van der Waals surface area contributed by atoms with Crippen LogP contribution in [0.2, 0.25) is 5.02 Å². The monoisotopic (exact) mass is 485 g/mol. The maximum atomic E-state index is 14.4. The highest BCUT2D eigenvalue weighted by atomic mass is 35.5. The number of piperazine rings is 1. The summed E-state index contributed by atoms with van der Waals surface area (Å²) in [6.45, 7) is -0.774. The molecule has 2 heterocycles. The SMILES string of the molecule is O=C(O)C1CC2(C1)C(=O)N(c1ncc(Cl)cc1F)CC(=O)N2Cc1ccc(C(F)(F)F)cc1. The molecule has 0 bridgehead atoms. The first kappa shape index (κ1) is 23.0. The van der Waals surface area contributed by atoms with Gasteiger partial charge in [0.2, 0.25) is 5.91 Å². The minimum Gasteiger partial charge on any atom is -0.481 e. The van der Waals surface area contributed by atoms with E-state index in [0.29, 0.717) is 5.56 Å². The molecule has 174 valence electrons. The highest BCUT2D eigenvalue weighted by Gasteiger charge is 2.62. The number of carboxylic acids is 1. The third-order valence-electron chi connectivity index (χ3n) is 5.94. The number of rotatable bonds is 4. The van der Waals surface area contributed by atoms with E-state index in [1.807, 2.05) is 0 Å². The number of carbonyl (C=O) groups excluding carboxylic acids is 2. The molecule has 1 saturated carbocycles. The number of pyridine rings is 1. The summed E-state index contributed by atoms with van der Waals surface area (Å²) in [5.41, 5.74) is -2.12. The standard InChI is InChI=1S/C21H16ClF4N3O4/c22-14-5-15(23)17(27-8-14)28-10-16(30)29(20(19(28)33)6-12(7-20)18(31)32)9-11-1-3-13(4-2-11)21(24,25)26/h1-5,8,12H,6-7,9-10H2,(H,31,32). The van der Waals surface area contributed by atoms with Crippen molar-refractivity contribution >= 4 is 35.2 Å². The fourth-order valence-corrected chi connectivity index (χ4v) is 4.37. The zero-order chi connectivity index (χ0) is 24.1. The van der Waals surface area contributed by atoms with Gasteiger partial charge < -0.3 is 10.0 Å². The number of nitrogens with zero attached hydrogens (tertiary/aromatic N) is 3. The number of aromatic nitrogens is 1. The Bertz CT molecular complexity index is 1130. The van der Waals surface area contributed by atoms with Crippen molar-refractivity contribution in [2.45, 2.75) is 31.1 Å². The van der Waals surface area contributed by atoms with Crippen molar-refractivity contribution in [3.8, 4) is 0 Å². The van der Waals surface area contributed by atoms with Crippen LogP contribution in [0.3, 0.4) is 0 Å². The van der Waals surface area contributed by atoms with Gasteiger partial charge in [0.1, 0.15) is 12.1 Å². The molecule has 1 aromatic carbocycles. The Morgan fingerprint density at radius 3 is 2.39 bits per heavy atom. The van der Waals surface area contributed by atoms with Gasteiger partial charge in [0.15, 0.2) is 11.6 Å². The smallest absolute Gasteiger partial charge is 0.416 e. The molecule has 1 spiro atoms. The summed E-state index contributed by atoms with van der Waals surface area (Å²) in [6.07, 6.45) is -3.84. The Kier molecular flexibility index (Phi) is 5.55. The Hall–Kier alpha value is -3.21. The second-order valence-corrected chi connectivity index (χ2v) is 8.44. The molecule has 2 aromatic rings. The van der Waals surface area contributed by atoms with Gasteiger partial charge in [-0.3, -0.25) is 19.3 Å². The minimum atomic E-state index is -4.53. The molecule has 1 aromatic heterocycles. The summed E-state index contributed by atoms with van der Waals surface area (Å²) in [5, 5.41) is 9.30. The Morgan fingerprint density at radius 1 is 1.21 bits per heavy atom. The number of alkyl halides is 3. The van der Waals surface area contributed by atoms with Crippen LogP contribution in [-0.4, -0.2) is 44.9 Å².